The highest BCUT2D eigenvalue weighted by Crippen LogP contribution is 2.30. The molecule has 0 bridgehead atoms. The second-order valence-electron chi connectivity index (χ2n) is 6.17. The molecule has 2 aromatic rings. The minimum Gasteiger partial charge on any atom is -0.338 e. The Labute approximate surface area is 141 Å². The maximum Gasteiger partial charge on any atom is 0.228 e. The van der Waals surface area contributed by atoms with E-state index in [1.807, 2.05) is 11.8 Å². The monoisotopic (exact) mass is 329 g/mol. The van der Waals surface area contributed by atoms with Crippen LogP contribution >= 0.6 is 11.3 Å². The van der Waals surface area contributed by atoms with Gasteiger partial charge in [-0.3, -0.25) is 4.79 Å². The maximum absolute atomic E-state index is 12.7. The average molecular weight is 329 g/mol. The molecule has 0 saturated carbocycles. The van der Waals surface area contributed by atoms with Crippen molar-refractivity contribution in [3.8, 4) is 11.3 Å². The molecule has 5 heteroatoms. The topological polar surface area (TPSA) is 59.2 Å². The van der Waals surface area contributed by atoms with Crippen LogP contribution in [0.25, 0.3) is 11.3 Å². The zero-order valence-electron chi connectivity index (χ0n) is 13.7. The summed E-state index contributed by atoms with van der Waals surface area (Å²) < 4.78 is 0. The van der Waals surface area contributed by atoms with Crippen LogP contribution in [0.2, 0.25) is 0 Å². The van der Waals surface area contributed by atoms with E-state index in [1.54, 1.807) is 11.3 Å². The van der Waals surface area contributed by atoms with E-state index in [0.717, 1.165) is 40.5 Å². The summed E-state index contributed by atoms with van der Waals surface area (Å²) in [6.07, 6.45) is 2.50. The number of amides is 1. The molecule has 122 valence electrons. The number of likely N-dealkylation sites (tertiary alicyclic amines) is 1. The standard InChI is InChI=1S/C18H23N3OS/c1-12-5-7-14(8-6-12)18-16(23-13(2)20-18)10-17(22)21-9-3-4-15(21)11-19/h5-8,15H,3-4,9-11,19H2,1-2H3/t15-/m0/s1. The molecule has 1 amide bonds. The van der Waals surface area contributed by atoms with Gasteiger partial charge < -0.3 is 10.6 Å². The van der Waals surface area contributed by atoms with E-state index in [1.165, 1.54) is 5.56 Å². The van der Waals surface area contributed by atoms with Gasteiger partial charge >= 0.3 is 0 Å². The molecule has 23 heavy (non-hydrogen) atoms. The number of benzene rings is 1. The molecule has 1 saturated heterocycles. The molecular weight excluding hydrogens is 306 g/mol. The SMILES string of the molecule is Cc1ccc(-c2nc(C)sc2CC(=O)N2CCC[C@H]2CN)cc1. The number of thiazole rings is 1. The summed E-state index contributed by atoms with van der Waals surface area (Å²) in [4.78, 5) is 20.3. The Hall–Kier alpha value is -1.72. The molecule has 0 spiro atoms. The first-order valence-electron chi connectivity index (χ1n) is 8.11. The molecular formula is C18H23N3OS. The Kier molecular flexibility index (Phi) is 4.78. The Morgan fingerprint density at radius 2 is 2.09 bits per heavy atom. The number of nitrogens with zero attached hydrogens (tertiary/aromatic N) is 2. The van der Waals surface area contributed by atoms with E-state index in [4.69, 9.17) is 5.73 Å². The van der Waals surface area contributed by atoms with Gasteiger partial charge in [0, 0.05) is 29.6 Å². The highest BCUT2D eigenvalue weighted by Gasteiger charge is 2.28. The molecule has 4 nitrogen and oxygen atoms in total. The smallest absolute Gasteiger partial charge is 0.228 e. The zero-order valence-corrected chi connectivity index (χ0v) is 14.5. The van der Waals surface area contributed by atoms with Gasteiger partial charge in [0.05, 0.1) is 17.1 Å². The molecule has 2 N–H and O–H groups in total. The van der Waals surface area contributed by atoms with Crippen molar-refractivity contribution in [1.29, 1.82) is 0 Å². The van der Waals surface area contributed by atoms with E-state index in [-0.39, 0.29) is 11.9 Å². The van der Waals surface area contributed by atoms with E-state index >= 15 is 0 Å². The van der Waals surface area contributed by atoms with Crippen molar-refractivity contribution in [2.24, 2.45) is 5.73 Å². The van der Waals surface area contributed by atoms with Gasteiger partial charge in [0.25, 0.3) is 0 Å². The lowest BCUT2D eigenvalue weighted by Crippen LogP contribution is -2.40. The lowest BCUT2D eigenvalue weighted by atomic mass is 10.1. The van der Waals surface area contributed by atoms with Crippen molar-refractivity contribution in [3.05, 3.63) is 39.7 Å². The molecule has 1 aromatic carbocycles. The van der Waals surface area contributed by atoms with Gasteiger partial charge in [-0.2, -0.15) is 0 Å². The number of carbonyl (C=O) groups excluding carboxylic acids is 1. The molecule has 1 aromatic heterocycles. The molecule has 1 fully saturated rings. The fraction of sp³-hybridized carbons (Fsp3) is 0.444. The lowest BCUT2D eigenvalue weighted by molar-refractivity contribution is -0.131. The Bertz CT molecular complexity index is 693. The predicted molar refractivity (Wildman–Crippen MR) is 94.5 cm³/mol. The summed E-state index contributed by atoms with van der Waals surface area (Å²) in [5, 5.41) is 1.00. The van der Waals surface area contributed by atoms with Gasteiger partial charge in [0.15, 0.2) is 0 Å². The summed E-state index contributed by atoms with van der Waals surface area (Å²) in [6, 6.07) is 8.53. The summed E-state index contributed by atoms with van der Waals surface area (Å²) in [5.74, 6) is 0.176. The minimum absolute atomic E-state index is 0.176. The molecule has 0 aliphatic carbocycles. The van der Waals surface area contributed by atoms with Crippen LogP contribution in [-0.4, -0.2) is 34.9 Å². The first-order valence-corrected chi connectivity index (χ1v) is 8.93. The third-order valence-electron chi connectivity index (χ3n) is 4.41. The van der Waals surface area contributed by atoms with Crippen molar-refractivity contribution in [2.75, 3.05) is 13.1 Å². The molecule has 0 radical (unpaired) electrons. The third kappa shape index (κ3) is 3.46. The van der Waals surface area contributed by atoms with Gasteiger partial charge in [0.1, 0.15) is 0 Å². The first-order chi connectivity index (χ1) is 11.1. The highest BCUT2D eigenvalue weighted by atomic mass is 32.1. The van der Waals surface area contributed by atoms with Crippen molar-refractivity contribution < 1.29 is 4.79 Å². The van der Waals surface area contributed by atoms with Crippen molar-refractivity contribution >= 4 is 17.2 Å². The van der Waals surface area contributed by atoms with Crippen LogP contribution in [0, 0.1) is 13.8 Å². The first kappa shape index (κ1) is 16.1. The Morgan fingerprint density at radius 1 is 1.35 bits per heavy atom. The fourth-order valence-corrected chi connectivity index (χ4v) is 4.12. The van der Waals surface area contributed by atoms with Gasteiger partial charge in [-0.25, -0.2) is 4.98 Å². The van der Waals surface area contributed by atoms with Crippen molar-refractivity contribution in [3.63, 3.8) is 0 Å². The van der Waals surface area contributed by atoms with Crippen LogP contribution in [0.5, 0.6) is 0 Å². The van der Waals surface area contributed by atoms with E-state index in [9.17, 15) is 4.79 Å². The van der Waals surface area contributed by atoms with Crippen LogP contribution in [0.4, 0.5) is 0 Å². The third-order valence-corrected chi connectivity index (χ3v) is 5.38. The number of hydrogen-bond donors (Lipinski definition) is 1. The van der Waals surface area contributed by atoms with Crippen LogP contribution < -0.4 is 5.73 Å². The van der Waals surface area contributed by atoms with Gasteiger partial charge in [-0.15, -0.1) is 11.3 Å². The van der Waals surface area contributed by atoms with Gasteiger partial charge in [0.2, 0.25) is 5.91 Å². The summed E-state index contributed by atoms with van der Waals surface area (Å²) in [6.45, 7) is 5.45. The number of aromatic nitrogens is 1. The summed E-state index contributed by atoms with van der Waals surface area (Å²) >= 11 is 1.62. The van der Waals surface area contributed by atoms with Gasteiger partial charge in [-0.1, -0.05) is 29.8 Å². The molecule has 1 atom stereocenters. The second kappa shape index (κ2) is 6.81. The van der Waals surface area contributed by atoms with E-state index < -0.39 is 0 Å². The van der Waals surface area contributed by atoms with E-state index in [0.29, 0.717) is 13.0 Å². The lowest BCUT2D eigenvalue weighted by Gasteiger charge is -2.23. The molecule has 1 aliphatic rings. The van der Waals surface area contributed by atoms with Gasteiger partial charge in [-0.05, 0) is 26.7 Å². The number of carbonyl (C=O) groups is 1. The van der Waals surface area contributed by atoms with E-state index in [2.05, 4.69) is 36.2 Å². The summed E-state index contributed by atoms with van der Waals surface area (Å²) in [5.41, 5.74) is 9.05. The predicted octanol–water partition coefficient (Wildman–Crippen LogP) is 2.92. The largest absolute Gasteiger partial charge is 0.338 e. The maximum atomic E-state index is 12.7. The number of rotatable bonds is 4. The molecule has 1 aliphatic heterocycles. The van der Waals surface area contributed by atoms with Crippen LogP contribution in [-0.2, 0) is 11.2 Å². The second-order valence-corrected chi connectivity index (χ2v) is 7.45. The van der Waals surface area contributed by atoms with Crippen molar-refractivity contribution in [2.45, 2.75) is 39.2 Å². The molecule has 0 unspecified atom stereocenters. The van der Waals surface area contributed by atoms with Crippen molar-refractivity contribution in [1.82, 2.24) is 9.88 Å². The summed E-state index contributed by atoms with van der Waals surface area (Å²) in [7, 11) is 0. The zero-order chi connectivity index (χ0) is 16.4. The highest BCUT2D eigenvalue weighted by molar-refractivity contribution is 7.12. The van der Waals surface area contributed by atoms with Crippen LogP contribution in [0.3, 0.4) is 0 Å². The quantitative estimate of drug-likeness (QED) is 0.938. The minimum atomic E-state index is 0.176. The fourth-order valence-electron chi connectivity index (χ4n) is 3.17. The molecule has 3 rings (SSSR count). The van der Waals surface area contributed by atoms with Crippen LogP contribution in [0.15, 0.2) is 24.3 Å². The Morgan fingerprint density at radius 3 is 2.78 bits per heavy atom. The van der Waals surface area contributed by atoms with Crippen LogP contribution in [0.1, 0.15) is 28.3 Å². The number of hydrogen-bond acceptors (Lipinski definition) is 4. The Balaban J connectivity index is 1.83. The normalized spacial score (nSPS) is 17.7. The average Bonchev–Trinajstić information content (AvgIpc) is 3.14. The number of nitrogens with two attached hydrogens (primary N) is 1. The molecule has 2 heterocycles. The number of aryl methyl sites for hydroxylation is 2.